The van der Waals surface area contributed by atoms with Crippen molar-refractivity contribution in [3.05, 3.63) is 28.4 Å². The second kappa shape index (κ2) is 5.24. The highest BCUT2D eigenvalue weighted by Gasteiger charge is 2.23. The second-order valence-corrected chi connectivity index (χ2v) is 3.90. The number of hydrogen-bond donors (Lipinski definition) is 2. The van der Waals surface area contributed by atoms with Crippen molar-refractivity contribution in [1.82, 2.24) is 4.98 Å². The van der Waals surface area contributed by atoms with E-state index in [0.29, 0.717) is 0 Å². The van der Waals surface area contributed by atoms with Gasteiger partial charge in [-0.05, 0) is 12.0 Å². The molecule has 17 heavy (non-hydrogen) atoms. The van der Waals surface area contributed by atoms with E-state index in [1.165, 1.54) is 18.3 Å². The third-order valence-electron chi connectivity index (χ3n) is 2.25. The molecule has 7 heteroatoms. The lowest BCUT2D eigenvalue weighted by Crippen LogP contribution is -2.39. The summed E-state index contributed by atoms with van der Waals surface area (Å²) < 4.78 is 0. The molecule has 1 amide bonds. The third-order valence-corrected chi connectivity index (χ3v) is 2.25. The Bertz CT molecular complexity index is 433. The van der Waals surface area contributed by atoms with E-state index in [9.17, 15) is 14.9 Å². The first-order valence-corrected chi connectivity index (χ1v) is 5.08. The normalized spacial score (nSPS) is 12.2. The Morgan fingerprint density at radius 1 is 1.59 bits per heavy atom. The molecular formula is C10H14N4O3. The molecule has 0 aliphatic heterocycles. The number of primary amides is 1. The maximum Gasteiger partial charge on any atom is 0.311 e. The van der Waals surface area contributed by atoms with Gasteiger partial charge in [-0.15, -0.1) is 0 Å². The molecule has 0 aliphatic rings. The first-order valence-electron chi connectivity index (χ1n) is 5.08. The van der Waals surface area contributed by atoms with Crippen molar-refractivity contribution in [2.75, 3.05) is 5.32 Å². The topological polar surface area (TPSA) is 111 Å². The van der Waals surface area contributed by atoms with Crippen LogP contribution >= 0.6 is 0 Å². The molecule has 1 heterocycles. The first kappa shape index (κ1) is 12.9. The highest BCUT2D eigenvalue weighted by atomic mass is 16.6. The van der Waals surface area contributed by atoms with Crippen LogP contribution in [0.3, 0.4) is 0 Å². The fraction of sp³-hybridized carbons (Fsp3) is 0.400. The number of amides is 1. The number of anilines is 1. The molecule has 92 valence electrons. The van der Waals surface area contributed by atoms with Gasteiger partial charge in [0, 0.05) is 12.3 Å². The average molecular weight is 238 g/mol. The number of hydrogen-bond acceptors (Lipinski definition) is 5. The minimum Gasteiger partial charge on any atom is -0.368 e. The maximum atomic E-state index is 11.2. The van der Waals surface area contributed by atoms with Crippen LogP contribution in [-0.4, -0.2) is 21.9 Å². The van der Waals surface area contributed by atoms with Gasteiger partial charge in [-0.3, -0.25) is 14.9 Å². The van der Waals surface area contributed by atoms with E-state index in [-0.39, 0.29) is 17.4 Å². The quantitative estimate of drug-likeness (QED) is 0.585. The monoisotopic (exact) mass is 238 g/mol. The summed E-state index contributed by atoms with van der Waals surface area (Å²) in [5, 5.41) is 13.5. The van der Waals surface area contributed by atoms with E-state index in [1.54, 1.807) is 13.8 Å². The van der Waals surface area contributed by atoms with Crippen molar-refractivity contribution in [2.45, 2.75) is 19.9 Å². The SMILES string of the molecule is CC(C)C(Nc1ncccc1[N+](=O)[O-])C(N)=O. The fourth-order valence-electron chi connectivity index (χ4n) is 1.37. The number of nitrogens with two attached hydrogens (primary N) is 1. The van der Waals surface area contributed by atoms with E-state index in [1.807, 2.05) is 0 Å². The fourth-order valence-corrected chi connectivity index (χ4v) is 1.37. The van der Waals surface area contributed by atoms with Crippen molar-refractivity contribution in [3.63, 3.8) is 0 Å². The van der Waals surface area contributed by atoms with Crippen molar-refractivity contribution in [3.8, 4) is 0 Å². The molecule has 3 N–H and O–H groups in total. The molecule has 0 saturated heterocycles. The Balaban J connectivity index is 3.01. The molecule has 0 saturated carbocycles. The molecular weight excluding hydrogens is 224 g/mol. The van der Waals surface area contributed by atoms with Gasteiger partial charge in [0.05, 0.1) is 4.92 Å². The summed E-state index contributed by atoms with van der Waals surface area (Å²) in [5.41, 5.74) is 5.03. The summed E-state index contributed by atoms with van der Waals surface area (Å²) in [6.45, 7) is 3.58. The molecule has 1 atom stereocenters. The number of rotatable bonds is 5. The third kappa shape index (κ3) is 3.13. The summed E-state index contributed by atoms with van der Waals surface area (Å²) in [4.78, 5) is 25.2. The van der Waals surface area contributed by atoms with Crippen LogP contribution in [0.25, 0.3) is 0 Å². The Kier molecular flexibility index (Phi) is 3.97. The molecule has 0 radical (unpaired) electrons. The van der Waals surface area contributed by atoms with Crippen LogP contribution in [0.5, 0.6) is 0 Å². The highest BCUT2D eigenvalue weighted by molar-refractivity contribution is 5.83. The number of nitrogens with zero attached hydrogens (tertiary/aromatic N) is 2. The van der Waals surface area contributed by atoms with Crippen LogP contribution in [-0.2, 0) is 4.79 Å². The zero-order valence-corrected chi connectivity index (χ0v) is 9.58. The lowest BCUT2D eigenvalue weighted by Gasteiger charge is -2.19. The number of nitro groups is 1. The van der Waals surface area contributed by atoms with Gasteiger partial charge in [-0.25, -0.2) is 4.98 Å². The Morgan fingerprint density at radius 3 is 2.71 bits per heavy atom. The number of carbonyl (C=O) groups is 1. The summed E-state index contributed by atoms with van der Waals surface area (Å²) in [6.07, 6.45) is 1.41. The molecule has 0 bridgehead atoms. The molecule has 0 spiro atoms. The largest absolute Gasteiger partial charge is 0.368 e. The van der Waals surface area contributed by atoms with E-state index >= 15 is 0 Å². The lowest BCUT2D eigenvalue weighted by atomic mass is 10.0. The van der Waals surface area contributed by atoms with E-state index in [0.717, 1.165) is 0 Å². The maximum absolute atomic E-state index is 11.2. The molecule has 7 nitrogen and oxygen atoms in total. The summed E-state index contributed by atoms with van der Waals surface area (Å²) in [6, 6.07) is 2.08. The predicted molar refractivity (Wildman–Crippen MR) is 62.3 cm³/mol. The van der Waals surface area contributed by atoms with Crippen molar-refractivity contribution < 1.29 is 9.72 Å². The number of aromatic nitrogens is 1. The first-order chi connectivity index (χ1) is 7.93. The van der Waals surface area contributed by atoms with Gasteiger partial charge in [0.1, 0.15) is 6.04 Å². The minimum absolute atomic E-state index is 0.0509. The van der Waals surface area contributed by atoms with Gasteiger partial charge in [0.25, 0.3) is 0 Å². The van der Waals surface area contributed by atoms with Gasteiger partial charge >= 0.3 is 5.69 Å². The molecule has 1 rings (SSSR count). The Morgan fingerprint density at radius 2 is 2.24 bits per heavy atom. The highest BCUT2D eigenvalue weighted by Crippen LogP contribution is 2.22. The summed E-state index contributed by atoms with van der Waals surface area (Å²) >= 11 is 0. The average Bonchev–Trinajstić information content (AvgIpc) is 2.25. The van der Waals surface area contributed by atoms with Gasteiger partial charge in [0.15, 0.2) is 0 Å². The van der Waals surface area contributed by atoms with Crippen LogP contribution < -0.4 is 11.1 Å². The number of carbonyl (C=O) groups excluding carboxylic acids is 1. The van der Waals surface area contributed by atoms with Crippen LogP contribution in [0, 0.1) is 16.0 Å². The van der Waals surface area contributed by atoms with E-state index in [2.05, 4.69) is 10.3 Å². The van der Waals surface area contributed by atoms with Gasteiger partial charge in [-0.1, -0.05) is 13.8 Å². The van der Waals surface area contributed by atoms with Crippen LogP contribution in [0.1, 0.15) is 13.8 Å². The molecule has 0 aromatic carbocycles. The van der Waals surface area contributed by atoms with Crippen molar-refractivity contribution in [1.29, 1.82) is 0 Å². The zero-order valence-electron chi connectivity index (χ0n) is 9.58. The lowest BCUT2D eigenvalue weighted by molar-refractivity contribution is -0.384. The molecule has 0 fully saturated rings. The molecule has 0 aliphatic carbocycles. The molecule has 1 aromatic heterocycles. The summed E-state index contributed by atoms with van der Waals surface area (Å²) in [7, 11) is 0. The van der Waals surface area contributed by atoms with Crippen molar-refractivity contribution in [2.24, 2.45) is 11.7 Å². The van der Waals surface area contributed by atoms with E-state index in [4.69, 9.17) is 5.73 Å². The van der Waals surface area contributed by atoms with Gasteiger partial charge in [-0.2, -0.15) is 0 Å². The standard InChI is InChI=1S/C10H14N4O3/c1-6(2)8(9(11)15)13-10-7(14(16)17)4-3-5-12-10/h3-6,8H,1-2H3,(H2,11,15)(H,12,13). The Hall–Kier alpha value is -2.18. The number of nitrogens with one attached hydrogen (secondary N) is 1. The van der Waals surface area contributed by atoms with E-state index < -0.39 is 16.9 Å². The van der Waals surface area contributed by atoms with Crippen LogP contribution in [0.15, 0.2) is 18.3 Å². The van der Waals surface area contributed by atoms with Crippen molar-refractivity contribution >= 4 is 17.4 Å². The molecule has 1 aromatic rings. The Labute approximate surface area is 98.2 Å². The predicted octanol–water partition coefficient (Wildman–Crippen LogP) is 0.912. The van der Waals surface area contributed by atoms with Crippen LogP contribution in [0.2, 0.25) is 0 Å². The molecule has 1 unspecified atom stereocenters. The zero-order chi connectivity index (χ0) is 13.0. The van der Waals surface area contributed by atoms with Gasteiger partial charge in [0.2, 0.25) is 11.7 Å². The van der Waals surface area contributed by atoms with Gasteiger partial charge < -0.3 is 11.1 Å². The van der Waals surface area contributed by atoms with Crippen LogP contribution in [0.4, 0.5) is 11.5 Å². The minimum atomic E-state index is -0.691. The number of pyridine rings is 1. The smallest absolute Gasteiger partial charge is 0.311 e. The second-order valence-electron chi connectivity index (χ2n) is 3.90. The summed E-state index contributed by atoms with van der Waals surface area (Å²) in [5.74, 6) is -0.607.